The molecule has 0 aliphatic heterocycles. The van der Waals surface area contributed by atoms with Crippen LogP contribution in [0.5, 0.6) is 0 Å². The maximum atomic E-state index is 10.8. The first-order valence-corrected chi connectivity index (χ1v) is 11.3. The van der Waals surface area contributed by atoms with E-state index in [2.05, 4.69) is 47.7 Å². The lowest BCUT2D eigenvalue weighted by Crippen LogP contribution is -2.41. The highest BCUT2D eigenvalue weighted by Crippen LogP contribution is 2.36. The van der Waals surface area contributed by atoms with E-state index in [1.807, 2.05) is 12.2 Å². The zero-order chi connectivity index (χ0) is 17.4. The second-order valence-corrected chi connectivity index (χ2v) is 12.9. The fraction of sp³-hybridized carbons (Fsp3) is 0.737. The Balaban J connectivity index is 4.06. The summed E-state index contributed by atoms with van der Waals surface area (Å²) >= 11 is 0. The van der Waals surface area contributed by atoms with E-state index in [1.165, 1.54) is 18.4 Å². The minimum Gasteiger partial charge on any atom is -0.417 e. The zero-order valence-electron chi connectivity index (χ0n) is 16.0. The molecule has 0 radical (unpaired) electrons. The Morgan fingerprint density at radius 2 is 1.82 bits per heavy atom. The first kappa shape index (κ1) is 21.3. The molecule has 0 saturated heterocycles. The van der Waals surface area contributed by atoms with Crippen LogP contribution in [0.1, 0.15) is 60.8 Å². The highest BCUT2D eigenvalue weighted by atomic mass is 28.4. The minimum absolute atomic E-state index is 0.0976. The predicted molar refractivity (Wildman–Crippen MR) is 99.7 cm³/mol. The average Bonchev–Trinajstić information content (AvgIpc) is 2.34. The van der Waals surface area contributed by atoms with E-state index < -0.39 is 8.32 Å². The molecule has 128 valence electrons. The normalized spacial score (nSPS) is 15.4. The van der Waals surface area contributed by atoms with Crippen LogP contribution in [-0.2, 0) is 9.22 Å². The molecule has 3 heteroatoms. The molecule has 0 bridgehead atoms. The van der Waals surface area contributed by atoms with Gasteiger partial charge in [-0.25, -0.2) is 0 Å². The minimum atomic E-state index is -1.61. The van der Waals surface area contributed by atoms with E-state index >= 15 is 0 Å². The molecule has 0 aliphatic rings. The van der Waals surface area contributed by atoms with Gasteiger partial charge in [0.2, 0.25) is 0 Å². The third kappa shape index (κ3) is 9.37. The molecule has 0 spiro atoms. The lowest BCUT2D eigenvalue weighted by atomic mass is 10.0. The SMILES string of the molecule is CC(=O)C=CC=C(C)CCCC(C)CO[Si](C)(C)C(C)(C)C. The summed E-state index contributed by atoms with van der Waals surface area (Å²) < 4.78 is 6.28. The Morgan fingerprint density at radius 1 is 1.23 bits per heavy atom. The molecule has 22 heavy (non-hydrogen) atoms. The molecule has 2 nitrogen and oxygen atoms in total. The van der Waals surface area contributed by atoms with Crippen molar-refractivity contribution in [2.45, 2.75) is 78.9 Å². The second kappa shape index (κ2) is 9.46. The topological polar surface area (TPSA) is 26.3 Å². The number of ketones is 1. The van der Waals surface area contributed by atoms with E-state index in [0.29, 0.717) is 5.92 Å². The van der Waals surface area contributed by atoms with Crippen LogP contribution in [0.2, 0.25) is 18.1 Å². The van der Waals surface area contributed by atoms with Gasteiger partial charge in [0.1, 0.15) is 0 Å². The number of rotatable bonds is 9. The standard InChI is InChI=1S/C19H36O2Si/c1-16(12-10-14-18(3)20)11-9-13-17(2)15-21-22(7,8)19(4,5)6/h10,12,14,17H,9,11,13,15H2,1-8H3. The van der Waals surface area contributed by atoms with Crippen LogP contribution in [-0.4, -0.2) is 20.7 Å². The Labute approximate surface area is 139 Å². The Kier molecular flexibility index (Phi) is 9.17. The van der Waals surface area contributed by atoms with Gasteiger partial charge >= 0.3 is 0 Å². The highest BCUT2D eigenvalue weighted by Gasteiger charge is 2.37. The number of carbonyl (C=O) groups is 1. The maximum Gasteiger partial charge on any atom is 0.191 e. The van der Waals surface area contributed by atoms with Gasteiger partial charge in [-0.05, 0) is 63.2 Å². The predicted octanol–water partition coefficient (Wildman–Crippen LogP) is 5.91. The van der Waals surface area contributed by atoms with Crippen LogP contribution in [0.4, 0.5) is 0 Å². The highest BCUT2D eigenvalue weighted by molar-refractivity contribution is 6.74. The Bertz CT molecular complexity index is 400. The summed E-state index contributed by atoms with van der Waals surface area (Å²) in [5.41, 5.74) is 1.33. The third-order valence-corrected chi connectivity index (χ3v) is 9.02. The molecule has 0 aliphatic carbocycles. The fourth-order valence-electron chi connectivity index (χ4n) is 1.81. The molecular formula is C19H36O2Si. The van der Waals surface area contributed by atoms with E-state index in [-0.39, 0.29) is 10.8 Å². The average molecular weight is 325 g/mol. The molecule has 0 saturated carbocycles. The molecule has 0 amide bonds. The van der Waals surface area contributed by atoms with E-state index in [9.17, 15) is 4.79 Å². The van der Waals surface area contributed by atoms with Gasteiger partial charge in [-0.1, -0.05) is 45.4 Å². The second-order valence-electron chi connectivity index (χ2n) is 8.05. The summed E-state index contributed by atoms with van der Waals surface area (Å²) in [7, 11) is -1.61. The van der Waals surface area contributed by atoms with Crippen LogP contribution in [0.25, 0.3) is 0 Å². The summed E-state index contributed by atoms with van der Waals surface area (Å²) in [5, 5.41) is 0.287. The monoisotopic (exact) mass is 324 g/mol. The first-order valence-electron chi connectivity index (χ1n) is 8.44. The number of hydrogen-bond donors (Lipinski definition) is 0. The molecule has 0 aromatic carbocycles. The summed E-state index contributed by atoms with van der Waals surface area (Å²) in [6.45, 7) is 18.3. The maximum absolute atomic E-state index is 10.8. The molecule has 0 aromatic rings. The van der Waals surface area contributed by atoms with Crippen molar-refractivity contribution in [1.29, 1.82) is 0 Å². The lowest BCUT2D eigenvalue weighted by molar-refractivity contribution is -0.112. The van der Waals surface area contributed by atoms with E-state index in [1.54, 1.807) is 13.0 Å². The molecule has 0 fully saturated rings. The number of hydrogen-bond acceptors (Lipinski definition) is 2. The Hall–Kier alpha value is -0.673. The van der Waals surface area contributed by atoms with Crippen molar-refractivity contribution < 1.29 is 9.22 Å². The van der Waals surface area contributed by atoms with Gasteiger partial charge in [0.25, 0.3) is 0 Å². The van der Waals surface area contributed by atoms with Crippen molar-refractivity contribution in [1.82, 2.24) is 0 Å². The van der Waals surface area contributed by atoms with Gasteiger partial charge in [-0.15, -0.1) is 0 Å². The van der Waals surface area contributed by atoms with Crippen LogP contribution >= 0.6 is 0 Å². The van der Waals surface area contributed by atoms with Gasteiger partial charge in [0.05, 0.1) is 0 Å². The Morgan fingerprint density at radius 3 is 2.32 bits per heavy atom. The smallest absolute Gasteiger partial charge is 0.191 e. The van der Waals surface area contributed by atoms with Crippen molar-refractivity contribution in [3.63, 3.8) is 0 Å². The van der Waals surface area contributed by atoms with Gasteiger partial charge in [0, 0.05) is 6.61 Å². The van der Waals surface area contributed by atoms with E-state index in [4.69, 9.17) is 4.43 Å². The number of carbonyl (C=O) groups excluding carboxylic acids is 1. The molecule has 0 heterocycles. The lowest BCUT2D eigenvalue weighted by Gasteiger charge is -2.37. The van der Waals surface area contributed by atoms with Gasteiger partial charge in [-0.3, -0.25) is 4.79 Å². The fourth-order valence-corrected chi connectivity index (χ4v) is 2.95. The van der Waals surface area contributed by atoms with Crippen LogP contribution < -0.4 is 0 Å². The molecule has 0 rings (SSSR count). The van der Waals surface area contributed by atoms with Crippen molar-refractivity contribution in [2.75, 3.05) is 6.61 Å². The van der Waals surface area contributed by atoms with Crippen molar-refractivity contribution in [2.24, 2.45) is 5.92 Å². The third-order valence-electron chi connectivity index (χ3n) is 4.51. The molecule has 1 unspecified atom stereocenters. The van der Waals surface area contributed by atoms with Crippen LogP contribution in [0, 0.1) is 5.92 Å². The van der Waals surface area contributed by atoms with Crippen LogP contribution in [0.15, 0.2) is 23.8 Å². The van der Waals surface area contributed by atoms with Gasteiger partial charge < -0.3 is 4.43 Å². The summed E-state index contributed by atoms with van der Waals surface area (Å²) in [5.74, 6) is 0.704. The van der Waals surface area contributed by atoms with Gasteiger partial charge in [0.15, 0.2) is 14.1 Å². The molecule has 0 aromatic heterocycles. The molecule has 1 atom stereocenters. The molecular weight excluding hydrogens is 288 g/mol. The van der Waals surface area contributed by atoms with E-state index in [0.717, 1.165) is 13.0 Å². The largest absolute Gasteiger partial charge is 0.417 e. The van der Waals surface area contributed by atoms with Crippen LogP contribution in [0.3, 0.4) is 0 Å². The summed E-state index contributed by atoms with van der Waals surface area (Å²) in [6, 6.07) is 0. The van der Waals surface area contributed by atoms with Crippen molar-refractivity contribution >= 4 is 14.1 Å². The summed E-state index contributed by atoms with van der Waals surface area (Å²) in [6.07, 6.45) is 8.96. The first-order chi connectivity index (χ1) is 9.95. The van der Waals surface area contributed by atoms with Crippen molar-refractivity contribution in [3.8, 4) is 0 Å². The quantitative estimate of drug-likeness (QED) is 0.299. The molecule has 0 N–H and O–H groups in total. The number of allylic oxidation sites excluding steroid dienone is 4. The zero-order valence-corrected chi connectivity index (χ0v) is 17.0. The van der Waals surface area contributed by atoms with Crippen molar-refractivity contribution in [3.05, 3.63) is 23.8 Å². The summed E-state index contributed by atoms with van der Waals surface area (Å²) in [4.78, 5) is 10.8. The van der Waals surface area contributed by atoms with Gasteiger partial charge in [-0.2, -0.15) is 0 Å².